The fraction of sp³-hybridized carbons (Fsp3) is 0.278. The van der Waals surface area contributed by atoms with Crippen LogP contribution in [0.3, 0.4) is 0 Å². The Balaban J connectivity index is 2.25. The van der Waals surface area contributed by atoms with Crippen molar-refractivity contribution in [1.82, 2.24) is 4.90 Å². The summed E-state index contributed by atoms with van der Waals surface area (Å²) in [5.41, 5.74) is 2.09. The molecule has 2 aromatic rings. The second-order valence-corrected chi connectivity index (χ2v) is 5.20. The summed E-state index contributed by atoms with van der Waals surface area (Å²) in [6, 6.07) is 14.4. The van der Waals surface area contributed by atoms with E-state index in [0.29, 0.717) is 13.1 Å². The minimum Gasteiger partial charge on any atom is -0.334 e. The standard InChI is InChI=1S/C18H20FNO/c1-3-11-20(13-15-7-5-4-6-8-15)18(21)16-12-14(2)9-10-17(16)19/h4-10,12H,3,11,13H2,1-2H3. The van der Waals surface area contributed by atoms with Crippen molar-refractivity contribution in [2.45, 2.75) is 26.8 Å². The summed E-state index contributed by atoms with van der Waals surface area (Å²) in [7, 11) is 0. The van der Waals surface area contributed by atoms with Gasteiger partial charge in [0.25, 0.3) is 5.91 Å². The molecule has 0 fully saturated rings. The number of carbonyl (C=O) groups is 1. The van der Waals surface area contributed by atoms with E-state index in [1.165, 1.54) is 6.07 Å². The zero-order valence-corrected chi connectivity index (χ0v) is 12.5. The van der Waals surface area contributed by atoms with Crippen molar-refractivity contribution in [1.29, 1.82) is 0 Å². The normalized spacial score (nSPS) is 10.4. The first kappa shape index (κ1) is 15.2. The topological polar surface area (TPSA) is 20.3 Å². The van der Waals surface area contributed by atoms with Gasteiger partial charge in [0.1, 0.15) is 5.82 Å². The van der Waals surface area contributed by atoms with Crippen LogP contribution >= 0.6 is 0 Å². The number of rotatable bonds is 5. The molecule has 0 spiro atoms. The Bertz CT molecular complexity index is 610. The molecule has 3 heteroatoms. The van der Waals surface area contributed by atoms with Crippen molar-refractivity contribution in [3.63, 3.8) is 0 Å². The molecule has 0 radical (unpaired) electrons. The van der Waals surface area contributed by atoms with Gasteiger partial charge in [-0.3, -0.25) is 4.79 Å². The van der Waals surface area contributed by atoms with Crippen LogP contribution in [0.4, 0.5) is 4.39 Å². The van der Waals surface area contributed by atoms with Crippen molar-refractivity contribution >= 4 is 5.91 Å². The molecule has 0 aromatic heterocycles. The molecule has 21 heavy (non-hydrogen) atoms. The molecule has 2 aromatic carbocycles. The lowest BCUT2D eigenvalue weighted by Crippen LogP contribution is -2.32. The third-order valence-corrected chi connectivity index (χ3v) is 3.35. The summed E-state index contributed by atoms with van der Waals surface area (Å²) in [5, 5.41) is 0. The Morgan fingerprint density at radius 3 is 2.52 bits per heavy atom. The van der Waals surface area contributed by atoms with Crippen LogP contribution in [0.1, 0.15) is 34.8 Å². The van der Waals surface area contributed by atoms with Gasteiger partial charge in [-0.15, -0.1) is 0 Å². The second kappa shape index (κ2) is 7.02. The van der Waals surface area contributed by atoms with Crippen molar-refractivity contribution in [3.05, 3.63) is 71.0 Å². The molecule has 0 heterocycles. The summed E-state index contributed by atoms with van der Waals surface area (Å²) in [5.74, 6) is -0.707. The maximum absolute atomic E-state index is 13.9. The highest BCUT2D eigenvalue weighted by atomic mass is 19.1. The third-order valence-electron chi connectivity index (χ3n) is 3.35. The first-order valence-electron chi connectivity index (χ1n) is 7.21. The molecule has 0 N–H and O–H groups in total. The van der Waals surface area contributed by atoms with Crippen LogP contribution in [0.5, 0.6) is 0 Å². The van der Waals surface area contributed by atoms with E-state index in [2.05, 4.69) is 0 Å². The predicted octanol–water partition coefficient (Wildman–Crippen LogP) is 4.19. The van der Waals surface area contributed by atoms with Crippen LogP contribution in [0.15, 0.2) is 48.5 Å². The first-order chi connectivity index (χ1) is 10.1. The molecule has 2 nitrogen and oxygen atoms in total. The molecule has 0 saturated heterocycles. The Labute approximate surface area is 125 Å². The molecule has 0 aliphatic heterocycles. The van der Waals surface area contributed by atoms with E-state index in [1.807, 2.05) is 44.2 Å². The summed E-state index contributed by atoms with van der Waals surface area (Å²) in [6.07, 6.45) is 0.839. The molecule has 2 rings (SSSR count). The second-order valence-electron chi connectivity index (χ2n) is 5.20. The highest BCUT2D eigenvalue weighted by molar-refractivity contribution is 5.94. The van der Waals surface area contributed by atoms with Gasteiger partial charge in [-0.05, 0) is 31.0 Å². The van der Waals surface area contributed by atoms with Crippen LogP contribution in [0.25, 0.3) is 0 Å². The minimum absolute atomic E-state index is 0.152. The molecular formula is C18H20FNO. The Hall–Kier alpha value is -2.16. The third kappa shape index (κ3) is 3.91. The molecule has 0 unspecified atom stereocenters. The molecule has 0 bridgehead atoms. The zero-order chi connectivity index (χ0) is 15.2. The fourth-order valence-corrected chi connectivity index (χ4v) is 2.30. The molecule has 0 aliphatic carbocycles. The van der Waals surface area contributed by atoms with Crippen molar-refractivity contribution in [2.24, 2.45) is 0 Å². The molecular weight excluding hydrogens is 265 g/mol. The van der Waals surface area contributed by atoms with Crippen LogP contribution in [0.2, 0.25) is 0 Å². The Kier molecular flexibility index (Phi) is 5.09. The van der Waals surface area contributed by atoms with Crippen molar-refractivity contribution in [2.75, 3.05) is 6.54 Å². The number of nitrogens with zero attached hydrogens (tertiary/aromatic N) is 1. The zero-order valence-electron chi connectivity index (χ0n) is 12.5. The molecule has 0 atom stereocenters. The van der Waals surface area contributed by atoms with Crippen molar-refractivity contribution < 1.29 is 9.18 Å². The van der Waals surface area contributed by atoms with Gasteiger partial charge < -0.3 is 4.90 Å². The van der Waals surface area contributed by atoms with Gasteiger partial charge in [-0.1, -0.05) is 48.9 Å². The van der Waals surface area contributed by atoms with Crippen LogP contribution in [0, 0.1) is 12.7 Å². The van der Waals surface area contributed by atoms with Crippen molar-refractivity contribution in [3.8, 4) is 0 Å². The number of halogens is 1. The van der Waals surface area contributed by atoms with E-state index in [4.69, 9.17) is 0 Å². The number of aryl methyl sites for hydroxylation is 1. The molecule has 110 valence electrons. The van der Waals surface area contributed by atoms with Crippen LogP contribution < -0.4 is 0 Å². The Morgan fingerprint density at radius 2 is 1.86 bits per heavy atom. The lowest BCUT2D eigenvalue weighted by atomic mass is 10.1. The quantitative estimate of drug-likeness (QED) is 0.806. The van der Waals surface area contributed by atoms with E-state index in [9.17, 15) is 9.18 Å². The van der Waals surface area contributed by atoms with E-state index < -0.39 is 5.82 Å². The number of benzene rings is 2. The largest absolute Gasteiger partial charge is 0.334 e. The maximum Gasteiger partial charge on any atom is 0.257 e. The van der Waals surface area contributed by atoms with E-state index in [1.54, 1.807) is 17.0 Å². The summed E-state index contributed by atoms with van der Waals surface area (Å²) < 4.78 is 13.9. The minimum atomic E-state index is -0.459. The summed E-state index contributed by atoms with van der Waals surface area (Å²) in [6.45, 7) is 4.98. The van der Waals surface area contributed by atoms with Gasteiger partial charge in [-0.2, -0.15) is 0 Å². The smallest absolute Gasteiger partial charge is 0.257 e. The average Bonchev–Trinajstić information content (AvgIpc) is 2.49. The Morgan fingerprint density at radius 1 is 1.14 bits per heavy atom. The number of hydrogen-bond acceptors (Lipinski definition) is 1. The monoisotopic (exact) mass is 285 g/mol. The fourth-order valence-electron chi connectivity index (χ4n) is 2.30. The first-order valence-corrected chi connectivity index (χ1v) is 7.21. The van der Waals surface area contributed by atoms with E-state index in [-0.39, 0.29) is 11.5 Å². The van der Waals surface area contributed by atoms with Gasteiger partial charge in [0.15, 0.2) is 0 Å². The highest BCUT2D eigenvalue weighted by Crippen LogP contribution is 2.15. The summed E-state index contributed by atoms with van der Waals surface area (Å²) >= 11 is 0. The van der Waals surface area contributed by atoms with Gasteiger partial charge in [0.05, 0.1) is 5.56 Å². The van der Waals surface area contributed by atoms with Crippen LogP contribution in [-0.4, -0.2) is 17.4 Å². The van der Waals surface area contributed by atoms with Gasteiger partial charge >= 0.3 is 0 Å². The van der Waals surface area contributed by atoms with Gasteiger partial charge in [0, 0.05) is 13.1 Å². The maximum atomic E-state index is 13.9. The lowest BCUT2D eigenvalue weighted by molar-refractivity contribution is 0.0738. The van der Waals surface area contributed by atoms with Crippen LogP contribution in [-0.2, 0) is 6.54 Å². The number of hydrogen-bond donors (Lipinski definition) is 0. The lowest BCUT2D eigenvalue weighted by Gasteiger charge is -2.22. The van der Waals surface area contributed by atoms with E-state index in [0.717, 1.165) is 17.5 Å². The molecule has 1 amide bonds. The number of carbonyl (C=O) groups excluding carboxylic acids is 1. The number of amides is 1. The molecule has 0 saturated carbocycles. The highest BCUT2D eigenvalue weighted by Gasteiger charge is 2.19. The SMILES string of the molecule is CCCN(Cc1ccccc1)C(=O)c1cc(C)ccc1F. The van der Waals surface area contributed by atoms with Gasteiger partial charge in [-0.25, -0.2) is 4.39 Å². The van der Waals surface area contributed by atoms with Gasteiger partial charge in [0.2, 0.25) is 0 Å². The summed E-state index contributed by atoms with van der Waals surface area (Å²) in [4.78, 5) is 14.3. The average molecular weight is 285 g/mol. The van der Waals surface area contributed by atoms with E-state index >= 15 is 0 Å². The predicted molar refractivity (Wildman–Crippen MR) is 82.6 cm³/mol. The molecule has 0 aliphatic rings.